The van der Waals surface area contributed by atoms with E-state index in [0.29, 0.717) is 30.9 Å². The van der Waals surface area contributed by atoms with E-state index in [1.165, 1.54) is 18.5 Å². The molecule has 0 radical (unpaired) electrons. The summed E-state index contributed by atoms with van der Waals surface area (Å²) in [4.78, 5) is 34.8. The van der Waals surface area contributed by atoms with Gasteiger partial charge in [-0.2, -0.15) is 0 Å². The zero-order valence-electron chi connectivity index (χ0n) is 17.4. The number of amides is 2. The Morgan fingerprint density at radius 2 is 1.97 bits per heavy atom. The summed E-state index contributed by atoms with van der Waals surface area (Å²) < 4.78 is 27.4. The van der Waals surface area contributed by atoms with E-state index in [1.54, 1.807) is 6.07 Å². The molecule has 2 heterocycles. The molecule has 4 N–H and O–H groups in total. The number of carbonyl (C=O) groups excluding carboxylic acids is 2. The molecule has 2 atom stereocenters. The van der Waals surface area contributed by atoms with Crippen LogP contribution in [0.2, 0.25) is 0 Å². The molecule has 2 amide bonds. The third kappa shape index (κ3) is 4.44. The van der Waals surface area contributed by atoms with Crippen molar-refractivity contribution in [1.29, 1.82) is 5.41 Å². The van der Waals surface area contributed by atoms with Crippen molar-refractivity contribution in [2.45, 2.75) is 31.7 Å². The van der Waals surface area contributed by atoms with E-state index in [4.69, 9.17) is 11.1 Å². The lowest BCUT2D eigenvalue weighted by atomic mass is 9.81. The van der Waals surface area contributed by atoms with Crippen LogP contribution in [0.15, 0.2) is 30.6 Å². The molecule has 2 aromatic rings. The van der Waals surface area contributed by atoms with Gasteiger partial charge in [0.1, 0.15) is 29.5 Å². The third-order valence-electron chi connectivity index (χ3n) is 6.33. The summed E-state index contributed by atoms with van der Waals surface area (Å²) in [5.74, 6) is -1.93. The average molecular weight is 442 g/mol. The predicted octanol–water partition coefficient (Wildman–Crippen LogP) is 2.36. The minimum Gasteiger partial charge on any atom is -0.364 e. The normalized spacial score (nSPS) is 19.9. The van der Waals surface area contributed by atoms with Crippen molar-refractivity contribution in [3.8, 4) is 0 Å². The Morgan fingerprint density at radius 1 is 1.25 bits per heavy atom. The van der Waals surface area contributed by atoms with E-state index in [2.05, 4.69) is 15.3 Å². The van der Waals surface area contributed by atoms with Crippen LogP contribution >= 0.6 is 0 Å². The second kappa shape index (κ2) is 8.60. The molecule has 1 aromatic carbocycles. The zero-order valence-corrected chi connectivity index (χ0v) is 17.4. The molecule has 2 fully saturated rings. The van der Waals surface area contributed by atoms with Crippen LogP contribution in [0.1, 0.15) is 47.8 Å². The number of primary amides is 1. The monoisotopic (exact) mass is 442 g/mol. The van der Waals surface area contributed by atoms with Crippen molar-refractivity contribution in [1.82, 2.24) is 15.3 Å². The number of nitrogens with zero attached hydrogens (tertiary/aromatic N) is 3. The van der Waals surface area contributed by atoms with Gasteiger partial charge in [-0.05, 0) is 48.6 Å². The van der Waals surface area contributed by atoms with Gasteiger partial charge in [-0.25, -0.2) is 18.7 Å². The Balaban J connectivity index is 1.48. The number of anilines is 1. The SMILES string of the molecule is N=CCC(NC(=O)C1CCN(c2cc(C(N)=O)ncn2)CC12CC2)c1cc(F)cc(F)c1. The van der Waals surface area contributed by atoms with Crippen molar-refractivity contribution in [2.75, 3.05) is 18.0 Å². The van der Waals surface area contributed by atoms with Gasteiger partial charge in [0, 0.05) is 37.6 Å². The maximum absolute atomic E-state index is 13.7. The first-order valence-electron chi connectivity index (χ1n) is 10.4. The Labute approximate surface area is 183 Å². The third-order valence-corrected chi connectivity index (χ3v) is 6.33. The Morgan fingerprint density at radius 3 is 2.59 bits per heavy atom. The molecular weight excluding hydrogens is 418 g/mol. The summed E-state index contributed by atoms with van der Waals surface area (Å²) in [6, 6.07) is 4.01. The van der Waals surface area contributed by atoms with Gasteiger partial charge in [-0.3, -0.25) is 9.59 Å². The van der Waals surface area contributed by atoms with Gasteiger partial charge < -0.3 is 21.4 Å². The summed E-state index contributed by atoms with van der Waals surface area (Å²) in [6.45, 7) is 1.16. The lowest BCUT2D eigenvalue weighted by Crippen LogP contribution is -2.48. The molecule has 1 saturated carbocycles. The largest absolute Gasteiger partial charge is 0.364 e. The van der Waals surface area contributed by atoms with Crippen molar-refractivity contribution >= 4 is 23.8 Å². The van der Waals surface area contributed by atoms with E-state index in [0.717, 1.165) is 25.1 Å². The van der Waals surface area contributed by atoms with Crippen LogP contribution in [0.3, 0.4) is 0 Å². The first kappa shape index (κ1) is 21.8. The second-order valence-corrected chi connectivity index (χ2v) is 8.45. The summed E-state index contributed by atoms with van der Waals surface area (Å²) in [7, 11) is 0. The van der Waals surface area contributed by atoms with Crippen molar-refractivity contribution < 1.29 is 18.4 Å². The minimum absolute atomic E-state index is 0.136. The molecule has 2 aliphatic rings. The lowest BCUT2D eigenvalue weighted by molar-refractivity contribution is -0.128. The number of carbonyl (C=O) groups is 2. The molecule has 1 aliphatic heterocycles. The molecule has 1 spiro atoms. The van der Waals surface area contributed by atoms with Gasteiger partial charge in [-0.1, -0.05) is 0 Å². The molecule has 1 aliphatic carbocycles. The highest BCUT2D eigenvalue weighted by molar-refractivity contribution is 5.91. The lowest BCUT2D eigenvalue weighted by Gasteiger charge is -2.39. The van der Waals surface area contributed by atoms with Crippen LogP contribution in [0, 0.1) is 28.4 Å². The van der Waals surface area contributed by atoms with Gasteiger partial charge in [-0.15, -0.1) is 0 Å². The van der Waals surface area contributed by atoms with E-state index >= 15 is 0 Å². The zero-order chi connectivity index (χ0) is 22.9. The number of aromatic nitrogens is 2. The summed E-state index contributed by atoms with van der Waals surface area (Å²) >= 11 is 0. The molecule has 1 aromatic heterocycles. The number of hydrogen-bond acceptors (Lipinski definition) is 6. The fraction of sp³-hybridized carbons (Fsp3) is 0.409. The fourth-order valence-electron chi connectivity index (χ4n) is 4.53. The van der Waals surface area contributed by atoms with Crippen LogP contribution < -0.4 is 16.0 Å². The van der Waals surface area contributed by atoms with Crippen LogP contribution in [-0.2, 0) is 4.79 Å². The van der Waals surface area contributed by atoms with Crippen LogP contribution in [0.25, 0.3) is 0 Å². The molecule has 2 unspecified atom stereocenters. The van der Waals surface area contributed by atoms with Crippen molar-refractivity contribution in [2.24, 2.45) is 17.1 Å². The molecule has 32 heavy (non-hydrogen) atoms. The smallest absolute Gasteiger partial charge is 0.267 e. The molecule has 168 valence electrons. The van der Waals surface area contributed by atoms with Gasteiger partial charge in [0.05, 0.1) is 6.04 Å². The van der Waals surface area contributed by atoms with Crippen LogP contribution in [0.4, 0.5) is 14.6 Å². The highest BCUT2D eigenvalue weighted by atomic mass is 19.1. The Bertz CT molecular complexity index is 1040. The first-order chi connectivity index (χ1) is 15.3. The topological polar surface area (TPSA) is 125 Å². The van der Waals surface area contributed by atoms with E-state index in [9.17, 15) is 18.4 Å². The molecule has 0 bridgehead atoms. The maximum Gasteiger partial charge on any atom is 0.267 e. The molecular formula is C22H24F2N6O2. The van der Waals surface area contributed by atoms with Crippen LogP contribution in [-0.4, -0.2) is 41.1 Å². The number of rotatable bonds is 7. The van der Waals surface area contributed by atoms with E-state index in [-0.39, 0.29) is 29.4 Å². The van der Waals surface area contributed by atoms with E-state index < -0.39 is 23.6 Å². The molecule has 1 saturated heterocycles. The Kier molecular flexibility index (Phi) is 5.86. The van der Waals surface area contributed by atoms with Crippen LogP contribution in [0.5, 0.6) is 0 Å². The fourth-order valence-corrected chi connectivity index (χ4v) is 4.53. The predicted molar refractivity (Wildman–Crippen MR) is 113 cm³/mol. The second-order valence-electron chi connectivity index (χ2n) is 8.45. The quantitative estimate of drug-likeness (QED) is 0.568. The maximum atomic E-state index is 13.7. The van der Waals surface area contributed by atoms with E-state index in [1.807, 2.05) is 4.90 Å². The Hall–Kier alpha value is -3.43. The van der Waals surface area contributed by atoms with Gasteiger partial charge in [0.25, 0.3) is 5.91 Å². The minimum atomic E-state index is -0.726. The standard InChI is InChI=1S/C22H24F2N6O2/c23-14-7-13(8-15(24)9-14)17(1-5-25)29-21(32)16-2-6-30(11-22(16)3-4-22)19-10-18(20(26)31)27-12-28-19/h5,7-10,12,16-17,25H,1-4,6,11H2,(H2,26,31)(H,29,32). The number of benzene rings is 1. The van der Waals surface area contributed by atoms with Gasteiger partial charge >= 0.3 is 0 Å². The number of piperidine rings is 1. The first-order valence-corrected chi connectivity index (χ1v) is 10.4. The number of nitrogens with two attached hydrogens (primary N) is 1. The highest BCUT2D eigenvalue weighted by Gasteiger charge is 2.55. The van der Waals surface area contributed by atoms with Crippen molar-refractivity contribution in [3.05, 3.63) is 53.5 Å². The number of hydrogen-bond donors (Lipinski definition) is 3. The average Bonchev–Trinajstić information content (AvgIpc) is 3.51. The van der Waals surface area contributed by atoms with Crippen molar-refractivity contribution in [3.63, 3.8) is 0 Å². The van der Waals surface area contributed by atoms with Gasteiger partial charge in [0.15, 0.2) is 0 Å². The molecule has 8 nitrogen and oxygen atoms in total. The molecule has 10 heteroatoms. The summed E-state index contributed by atoms with van der Waals surface area (Å²) in [6.07, 6.45) is 4.87. The highest BCUT2D eigenvalue weighted by Crippen LogP contribution is 2.56. The summed E-state index contributed by atoms with van der Waals surface area (Å²) in [5.41, 5.74) is 5.52. The number of nitrogens with one attached hydrogen (secondary N) is 2. The summed E-state index contributed by atoms with van der Waals surface area (Å²) in [5, 5.41) is 10.3. The molecule has 4 rings (SSSR count). The van der Waals surface area contributed by atoms with Gasteiger partial charge in [0.2, 0.25) is 5.91 Å². The number of halogens is 2.